The van der Waals surface area contributed by atoms with E-state index in [-0.39, 0.29) is 24.0 Å². The predicted molar refractivity (Wildman–Crippen MR) is 81.7 cm³/mol. The average Bonchev–Trinajstić information content (AvgIpc) is 2.83. The van der Waals surface area contributed by atoms with Crippen LogP contribution in [0.25, 0.3) is 0 Å². The van der Waals surface area contributed by atoms with Gasteiger partial charge in [0.25, 0.3) is 5.56 Å². The second-order valence-electron chi connectivity index (χ2n) is 5.06. The van der Waals surface area contributed by atoms with Gasteiger partial charge in [0, 0.05) is 23.2 Å². The van der Waals surface area contributed by atoms with Crippen molar-refractivity contribution in [2.75, 3.05) is 0 Å². The van der Waals surface area contributed by atoms with Gasteiger partial charge in [0.05, 0.1) is 11.8 Å². The van der Waals surface area contributed by atoms with Crippen molar-refractivity contribution in [3.8, 4) is 0 Å². The largest absolute Gasteiger partial charge is 0.417 e. The highest BCUT2D eigenvalue weighted by atomic mass is 19.4. The molecule has 0 aliphatic carbocycles. The topological polar surface area (TPSA) is 90.1 Å². The van der Waals surface area contributed by atoms with Crippen LogP contribution in [-0.2, 0) is 17.4 Å². The van der Waals surface area contributed by atoms with Gasteiger partial charge in [-0.1, -0.05) is 18.2 Å². The van der Waals surface area contributed by atoms with E-state index in [0.717, 1.165) is 12.3 Å². The molecule has 0 bridgehead atoms. The molecule has 2 rings (SSSR count). The Morgan fingerprint density at radius 2 is 2.00 bits per heavy atom. The number of benzene rings is 1. The zero-order valence-corrected chi connectivity index (χ0v) is 12.7. The molecule has 0 spiro atoms. The number of H-pyrrole nitrogens is 2. The van der Waals surface area contributed by atoms with E-state index in [9.17, 15) is 22.8 Å². The quantitative estimate of drug-likeness (QED) is 0.575. The fraction of sp³-hybridized carbons (Fsp3) is 0.267. The van der Waals surface area contributed by atoms with Crippen molar-refractivity contribution in [1.29, 1.82) is 0 Å². The first-order valence-electron chi connectivity index (χ1n) is 7.03. The summed E-state index contributed by atoms with van der Waals surface area (Å²) in [5, 5.41) is 8.58. The van der Waals surface area contributed by atoms with Gasteiger partial charge >= 0.3 is 6.18 Å². The second kappa shape index (κ2) is 7.16. The Morgan fingerprint density at radius 3 is 2.62 bits per heavy atom. The number of nitrogens with zero attached hydrogens (tertiary/aromatic N) is 1. The maximum Gasteiger partial charge on any atom is 0.417 e. The van der Waals surface area contributed by atoms with Crippen LogP contribution in [0.5, 0.6) is 0 Å². The van der Waals surface area contributed by atoms with E-state index in [1.807, 2.05) is 0 Å². The van der Waals surface area contributed by atoms with E-state index < -0.39 is 17.6 Å². The molecule has 24 heavy (non-hydrogen) atoms. The summed E-state index contributed by atoms with van der Waals surface area (Å²) in [6.07, 6.45) is -3.38. The molecule has 128 valence electrons. The van der Waals surface area contributed by atoms with Crippen molar-refractivity contribution in [2.45, 2.75) is 25.9 Å². The average molecular weight is 340 g/mol. The number of aryl methyl sites for hydroxylation is 1. The molecule has 0 fully saturated rings. The molecule has 1 aromatic heterocycles. The Kier molecular flexibility index (Phi) is 5.22. The summed E-state index contributed by atoms with van der Waals surface area (Å²) in [5.41, 5.74) is 1.95. The number of alkyl halides is 3. The molecule has 0 aliphatic rings. The van der Waals surface area contributed by atoms with Crippen LogP contribution in [0.4, 0.5) is 13.2 Å². The first-order chi connectivity index (χ1) is 11.3. The van der Waals surface area contributed by atoms with Gasteiger partial charge in [0.15, 0.2) is 0 Å². The van der Waals surface area contributed by atoms with Gasteiger partial charge in [-0.05, 0) is 19.4 Å². The standard InChI is InChI=1S/C15H15F3N4O2/c1-9-11(14(24)22-20-9)6-7-13(23)21-19-8-10-4-2-3-5-12(10)15(16,17)18/h2-5,8H,6-7H2,1H3,(H,21,23)(H2,20,22,24). The van der Waals surface area contributed by atoms with Gasteiger partial charge in [-0.15, -0.1) is 0 Å². The van der Waals surface area contributed by atoms with Crippen LogP contribution in [0, 0.1) is 6.92 Å². The lowest BCUT2D eigenvalue weighted by Gasteiger charge is -2.09. The van der Waals surface area contributed by atoms with Gasteiger partial charge < -0.3 is 5.10 Å². The van der Waals surface area contributed by atoms with Crippen LogP contribution in [-0.4, -0.2) is 22.3 Å². The van der Waals surface area contributed by atoms with Gasteiger partial charge in [0.2, 0.25) is 5.91 Å². The number of amides is 1. The van der Waals surface area contributed by atoms with E-state index in [4.69, 9.17) is 0 Å². The SMILES string of the molecule is Cc1[nH][nH]c(=O)c1CCC(=O)NN=Cc1ccccc1C(F)(F)F. The summed E-state index contributed by atoms with van der Waals surface area (Å²) in [5.74, 6) is -0.504. The van der Waals surface area contributed by atoms with E-state index >= 15 is 0 Å². The number of carbonyl (C=O) groups excluding carboxylic acids is 1. The van der Waals surface area contributed by atoms with Crippen LogP contribution in [0.2, 0.25) is 0 Å². The molecule has 2 aromatic rings. The number of rotatable bonds is 5. The molecule has 0 radical (unpaired) electrons. The summed E-state index contributed by atoms with van der Waals surface area (Å²) < 4.78 is 38.4. The lowest BCUT2D eigenvalue weighted by molar-refractivity contribution is -0.137. The van der Waals surface area contributed by atoms with Crippen LogP contribution < -0.4 is 11.0 Å². The number of hydrogen-bond acceptors (Lipinski definition) is 3. The fourth-order valence-electron chi connectivity index (χ4n) is 2.11. The van der Waals surface area contributed by atoms with Crippen LogP contribution in [0.1, 0.15) is 28.8 Å². The number of aromatic amines is 2. The maximum absolute atomic E-state index is 12.8. The normalized spacial score (nSPS) is 11.8. The number of hydrogen-bond donors (Lipinski definition) is 3. The molecule has 1 aromatic carbocycles. The van der Waals surface area contributed by atoms with Gasteiger partial charge in [-0.25, -0.2) is 5.43 Å². The van der Waals surface area contributed by atoms with Crippen molar-refractivity contribution in [2.24, 2.45) is 5.10 Å². The molecule has 0 saturated carbocycles. The van der Waals surface area contributed by atoms with Crippen LogP contribution >= 0.6 is 0 Å². The second-order valence-corrected chi connectivity index (χ2v) is 5.06. The third-order valence-corrected chi connectivity index (χ3v) is 3.35. The lowest BCUT2D eigenvalue weighted by Crippen LogP contribution is -2.19. The predicted octanol–water partition coefficient (Wildman–Crippen LogP) is 2.11. The van der Waals surface area contributed by atoms with Gasteiger partial charge in [-0.2, -0.15) is 18.3 Å². The highest BCUT2D eigenvalue weighted by Crippen LogP contribution is 2.30. The summed E-state index contributed by atoms with van der Waals surface area (Å²) >= 11 is 0. The molecule has 0 unspecified atom stereocenters. The van der Waals surface area contributed by atoms with E-state index in [1.54, 1.807) is 6.92 Å². The minimum atomic E-state index is -4.50. The van der Waals surface area contributed by atoms with E-state index in [2.05, 4.69) is 20.7 Å². The van der Waals surface area contributed by atoms with Gasteiger partial charge in [-0.3, -0.25) is 14.7 Å². The van der Waals surface area contributed by atoms with E-state index in [0.29, 0.717) is 11.3 Å². The lowest BCUT2D eigenvalue weighted by atomic mass is 10.1. The molecule has 0 atom stereocenters. The van der Waals surface area contributed by atoms with Crippen molar-refractivity contribution >= 4 is 12.1 Å². The number of aromatic nitrogens is 2. The summed E-state index contributed by atoms with van der Waals surface area (Å²) in [7, 11) is 0. The molecule has 0 aliphatic heterocycles. The minimum absolute atomic E-state index is 0.0139. The first-order valence-corrected chi connectivity index (χ1v) is 7.03. The van der Waals surface area contributed by atoms with Crippen molar-refractivity contribution in [3.63, 3.8) is 0 Å². The molecule has 1 amide bonds. The van der Waals surface area contributed by atoms with Crippen molar-refractivity contribution in [3.05, 3.63) is 57.0 Å². The number of hydrazone groups is 1. The van der Waals surface area contributed by atoms with Gasteiger partial charge in [0.1, 0.15) is 0 Å². The molecule has 9 heteroatoms. The van der Waals surface area contributed by atoms with Crippen molar-refractivity contribution in [1.82, 2.24) is 15.6 Å². The molecule has 3 N–H and O–H groups in total. The Balaban J connectivity index is 1.95. The highest BCUT2D eigenvalue weighted by molar-refractivity contribution is 5.84. The van der Waals surface area contributed by atoms with Crippen LogP contribution in [0.15, 0.2) is 34.2 Å². The summed E-state index contributed by atoms with van der Waals surface area (Å²) in [6.45, 7) is 1.69. The Morgan fingerprint density at radius 1 is 1.29 bits per heavy atom. The maximum atomic E-state index is 12.8. The highest BCUT2D eigenvalue weighted by Gasteiger charge is 2.32. The van der Waals surface area contributed by atoms with Crippen LogP contribution in [0.3, 0.4) is 0 Å². The molecular formula is C15H15F3N4O2. The monoisotopic (exact) mass is 340 g/mol. The zero-order chi connectivity index (χ0) is 17.7. The molecule has 0 saturated heterocycles. The summed E-state index contributed by atoms with van der Waals surface area (Å²) in [4.78, 5) is 23.1. The summed E-state index contributed by atoms with van der Waals surface area (Å²) in [6, 6.07) is 4.90. The Labute approximate surface area is 134 Å². The Hall–Kier alpha value is -2.84. The van der Waals surface area contributed by atoms with E-state index in [1.165, 1.54) is 18.2 Å². The zero-order valence-electron chi connectivity index (χ0n) is 12.7. The molecular weight excluding hydrogens is 325 g/mol. The fourth-order valence-corrected chi connectivity index (χ4v) is 2.11. The number of halogens is 3. The number of nitrogens with one attached hydrogen (secondary N) is 3. The smallest absolute Gasteiger partial charge is 0.302 e. The molecule has 1 heterocycles. The van der Waals surface area contributed by atoms with Crippen molar-refractivity contribution < 1.29 is 18.0 Å². The number of carbonyl (C=O) groups is 1. The molecule has 6 nitrogen and oxygen atoms in total. The minimum Gasteiger partial charge on any atom is -0.302 e. The third-order valence-electron chi connectivity index (χ3n) is 3.35. The third kappa shape index (κ3) is 4.34. The first kappa shape index (κ1) is 17.5. The Bertz CT molecular complexity index is 806.